The summed E-state index contributed by atoms with van der Waals surface area (Å²) in [4.78, 5) is 13.1. The topological polar surface area (TPSA) is 62.7 Å². The lowest BCUT2D eigenvalue weighted by Crippen LogP contribution is -2.06. The first-order chi connectivity index (χ1) is 11.6. The van der Waals surface area contributed by atoms with Crippen molar-refractivity contribution in [2.24, 2.45) is 0 Å². The van der Waals surface area contributed by atoms with Gasteiger partial charge in [-0.25, -0.2) is 4.98 Å². The molecular weight excluding hydrogens is 298 g/mol. The van der Waals surface area contributed by atoms with Crippen molar-refractivity contribution >= 4 is 17.5 Å². The van der Waals surface area contributed by atoms with Crippen LogP contribution in [-0.4, -0.2) is 15.0 Å². The Kier molecular flexibility index (Phi) is 4.70. The molecule has 2 heterocycles. The molecule has 0 spiro atoms. The van der Waals surface area contributed by atoms with Gasteiger partial charge in [-0.05, 0) is 44.0 Å². The molecule has 3 rings (SSSR count). The summed E-state index contributed by atoms with van der Waals surface area (Å²) in [6.07, 6.45) is 3.61. The van der Waals surface area contributed by atoms with Crippen molar-refractivity contribution in [2.45, 2.75) is 27.3 Å². The van der Waals surface area contributed by atoms with Crippen LogP contribution in [0.15, 0.2) is 48.8 Å². The molecule has 0 fully saturated rings. The molecule has 0 aliphatic carbocycles. The number of anilines is 3. The van der Waals surface area contributed by atoms with Gasteiger partial charge in [0.15, 0.2) is 0 Å². The molecule has 0 radical (unpaired) electrons. The Balaban J connectivity index is 1.76. The van der Waals surface area contributed by atoms with Gasteiger partial charge in [-0.3, -0.25) is 4.98 Å². The average Bonchev–Trinajstić information content (AvgIpc) is 2.56. The van der Waals surface area contributed by atoms with Crippen LogP contribution in [-0.2, 0) is 6.54 Å². The number of aromatic nitrogens is 3. The predicted octanol–water partition coefficient (Wildman–Crippen LogP) is 4.15. The van der Waals surface area contributed by atoms with Crippen molar-refractivity contribution < 1.29 is 0 Å². The van der Waals surface area contributed by atoms with Crippen LogP contribution in [0.4, 0.5) is 17.5 Å². The first kappa shape index (κ1) is 15.9. The first-order valence-electron chi connectivity index (χ1n) is 7.93. The summed E-state index contributed by atoms with van der Waals surface area (Å²) < 4.78 is 0. The van der Waals surface area contributed by atoms with Crippen molar-refractivity contribution in [1.82, 2.24) is 15.0 Å². The average molecular weight is 319 g/mol. The SMILES string of the molecule is Cc1ccc(Nc2nc(C)cc(NCc3cccnc3)n2)c(C)c1. The minimum atomic E-state index is 0.593. The van der Waals surface area contributed by atoms with E-state index in [1.165, 1.54) is 11.1 Å². The van der Waals surface area contributed by atoms with E-state index in [1.54, 1.807) is 6.20 Å². The molecule has 1 aromatic carbocycles. The predicted molar refractivity (Wildman–Crippen MR) is 97.5 cm³/mol. The lowest BCUT2D eigenvalue weighted by Gasteiger charge is -2.12. The van der Waals surface area contributed by atoms with Gasteiger partial charge >= 0.3 is 0 Å². The van der Waals surface area contributed by atoms with Gasteiger partial charge in [0, 0.05) is 36.4 Å². The molecular formula is C19H21N5. The Morgan fingerprint density at radius 3 is 2.62 bits per heavy atom. The summed E-state index contributed by atoms with van der Waals surface area (Å²) in [5.74, 6) is 1.38. The van der Waals surface area contributed by atoms with Crippen LogP contribution < -0.4 is 10.6 Å². The summed E-state index contributed by atoms with van der Waals surface area (Å²) in [7, 11) is 0. The van der Waals surface area contributed by atoms with Gasteiger partial charge in [0.05, 0.1) is 0 Å². The third kappa shape index (κ3) is 4.07. The van der Waals surface area contributed by atoms with Crippen LogP contribution in [0.2, 0.25) is 0 Å². The van der Waals surface area contributed by atoms with E-state index in [0.717, 1.165) is 22.8 Å². The van der Waals surface area contributed by atoms with Crippen molar-refractivity contribution in [2.75, 3.05) is 10.6 Å². The number of hydrogen-bond donors (Lipinski definition) is 2. The fourth-order valence-electron chi connectivity index (χ4n) is 2.48. The Labute approximate surface area is 142 Å². The van der Waals surface area contributed by atoms with E-state index in [-0.39, 0.29) is 0 Å². The maximum atomic E-state index is 4.55. The standard InChI is InChI=1S/C19H21N5/c1-13-6-7-17(14(2)9-13)23-19-22-15(3)10-18(24-19)21-12-16-5-4-8-20-11-16/h4-11H,12H2,1-3H3,(H2,21,22,23,24). The van der Waals surface area contributed by atoms with Gasteiger partial charge in [-0.2, -0.15) is 4.98 Å². The number of hydrogen-bond acceptors (Lipinski definition) is 5. The van der Waals surface area contributed by atoms with Gasteiger partial charge in [0.2, 0.25) is 5.95 Å². The summed E-state index contributed by atoms with van der Waals surface area (Å²) >= 11 is 0. The molecule has 2 N–H and O–H groups in total. The summed E-state index contributed by atoms with van der Waals surface area (Å²) in [5.41, 5.74) is 5.44. The lowest BCUT2D eigenvalue weighted by atomic mass is 10.1. The Bertz CT molecular complexity index is 830. The van der Waals surface area contributed by atoms with Crippen LogP contribution in [0.5, 0.6) is 0 Å². The van der Waals surface area contributed by atoms with Crippen LogP contribution in [0, 0.1) is 20.8 Å². The fourth-order valence-corrected chi connectivity index (χ4v) is 2.48. The second kappa shape index (κ2) is 7.08. The number of aryl methyl sites for hydroxylation is 3. The van der Waals surface area contributed by atoms with Crippen LogP contribution >= 0.6 is 0 Å². The van der Waals surface area contributed by atoms with E-state index in [1.807, 2.05) is 31.3 Å². The summed E-state index contributed by atoms with van der Waals surface area (Å²) in [5, 5.41) is 6.62. The summed E-state index contributed by atoms with van der Waals surface area (Å²) in [6, 6.07) is 12.2. The quantitative estimate of drug-likeness (QED) is 0.739. The van der Waals surface area contributed by atoms with Crippen molar-refractivity contribution in [3.63, 3.8) is 0 Å². The minimum Gasteiger partial charge on any atom is -0.366 e. The number of pyridine rings is 1. The van der Waals surface area contributed by atoms with Crippen molar-refractivity contribution in [1.29, 1.82) is 0 Å². The number of nitrogens with one attached hydrogen (secondary N) is 2. The zero-order chi connectivity index (χ0) is 16.9. The lowest BCUT2D eigenvalue weighted by molar-refractivity contribution is 1.05. The highest BCUT2D eigenvalue weighted by atomic mass is 15.1. The van der Waals surface area contributed by atoms with E-state index in [4.69, 9.17) is 0 Å². The van der Waals surface area contributed by atoms with Crippen LogP contribution in [0.1, 0.15) is 22.4 Å². The third-order valence-electron chi connectivity index (χ3n) is 3.68. The molecule has 0 aliphatic heterocycles. The van der Waals surface area contributed by atoms with Gasteiger partial charge < -0.3 is 10.6 Å². The monoisotopic (exact) mass is 319 g/mol. The molecule has 0 aliphatic rings. The van der Waals surface area contributed by atoms with Crippen LogP contribution in [0.25, 0.3) is 0 Å². The van der Waals surface area contributed by atoms with E-state index in [9.17, 15) is 0 Å². The molecule has 3 aromatic rings. The maximum absolute atomic E-state index is 4.55. The highest BCUT2D eigenvalue weighted by molar-refractivity contribution is 5.60. The van der Waals surface area contributed by atoms with Crippen molar-refractivity contribution in [3.8, 4) is 0 Å². The number of benzene rings is 1. The largest absolute Gasteiger partial charge is 0.366 e. The Morgan fingerprint density at radius 2 is 1.88 bits per heavy atom. The fraction of sp³-hybridized carbons (Fsp3) is 0.211. The molecule has 0 amide bonds. The third-order valence-corrected chi connectivity index (χ3v) is 3.68. The zero-order valence-electron chi connectivity index (χ0n) is 14.2. The van der Waals surface area contributed by atoms with Gasteiger partial charge in [-0.1, -0.05) is 23.8 Å². The Morgan fingerprint density at radius 1 is 1.00 bits per heavy atom. The van der Waals surface area contributed by atoms with E-state index < -0.39 is 0 Å². The summed E-state index contributed by atoms with van der Waals surface area (Å²) in [6.45, 7) is 6.80. The molecule has 5 heteroatoms. The van der Waals surface area contributed by atoms with Crippen LogP contribution in [0.3, 0.4) is 0 Å². The molecule has 0 saturated carbocycles. The zero-order valence-corrected chi connectivity index (χ0v) is 14.2. The molecule has 2 aromatic heterocycles. The molecule has 0 atom stereocenters. The molecule has 0 bridgehead atoms. The highest BCUT2D eigenvalue weighted by Gasteiger charge is 2.05. The van der Waals surface area contributed by atoms with E-state index in [2.05, 4.69) is 57.6 Å². The second-order valence-electron chi connectivity index (χ2n) is 5.88. The Hall–Kier alpha value is -2.95. The van der Waals surface area contributed by atoms with E-state index >= 15 is 0 Å². The first-order valence-corrected chi connectivity index (χ1v) is 7.93. The van der Waals surface area contributed by atoms with Gasteiger partial charge in [-0.15, -0.1) is 0 Å². The minimum absolute atomic E-state index is 0.593. The smallest absolute Gasteiger partial charge is 0.229 e. The number of nitrogens with zero attached hydrogens (tertiary/aromatic N) is 3. The van der Waals surface area contributed by atoms with E-state index in [0.29, 0.717) is 12.5 Å². The second-order valence-corrected chi connectivity index (χ2v) is 5.88. The van der Waals surface area contributed by atoms with Crippen molar-refractivity contribution in [3.05, 3.63) is 71.2 Å². The molecule has 24 heavy (non-hydrogen) atoms. The molecule has 5 nitrogen and oxygen atoms in total. The molecule has 0 unspecified atom stereocenters. The van der Waals surface area contributed by atoms with Gasteiger partial charge in [0.1, 0.15) is 5.82 Å². The van der Waals surface area contributed by atoms with Gasteiger partial charge in [0.25, 0.3) is 0 Å². The number of rotatable bonds is 5. The maximum Gasteiger partial charge on any atom is 0.229 e. The molecule has 0 saturated heterocycles. The molecule has 122 valence electrons. The normalized spacial score (nSPS) is 10.5. The highest BCUT2D eigenvalue weighted by Crippen LogP contribution is 2.20.